The summed E-state index contributed by atoms with van der Waals surface area (Å²) < 4.78 is 98.1. The van der Waals surface area contributed by atoms with Crippen LogP contribution < -0.4 is 14.2 Å². The Bertz CT molecular complexity index is 1430. The second-order valence-corrected chi connectivity index (χ2v) is 10.6. The van der Waals surface area contributed by atoms with Gasteiger partial charge in [0.2, 0.25) is 5.95 Å². The number of halogens is 4. The maximum atomic E-state index is 13.5. The van der Waals surface area contributed by atoms with Gasteiger partial charge in [0.05, 0.1) is 42.7 Å². The third kappa shape index (κ3) is 4.92. The molecule has 2 aliphatic rings. The van der Waals surface area contributed by atoms with Crippen molar-refractivity contribution in [3.8, 4) is 11.5 Å². The van der Waals surface area contributed by atoms with Crippen LogP contribution in [0.5, 0.6) is 11.5 Å². The van der Waals surface area contributed by atoms with Gasteiger partial charge in [0.1, 0.15) is 17.6 Å². The van der Waals surface area contributed by atoms with Crippen LogP contribution in [-0.2, 0) is 26.4 Å². The minimum absolute atomic E-state index is 0.0882. The number of aromatic nitrogens is 2. The first-order valence-corrected chi connectivity index (χ1v) is 12.7. The number of benzene rings is 2. The molecular weight excluding hydrogens is 518 g/mol. The number of sulfonamides is 1. The molecule has 1 atom stereocenters. The fourth-order valence-electron chi connectivity index (χ4n) is 4.28. The second kappa shape index (κ2) is 9.14. The number of hydrogen-bond donors (Lipinski definition) is 1. The third-order valence-electron chi connectivity index (χ3n) is 6.37. The van der Waals surface area contributed by atoms with Crippen molar-refractivity contribution < 1.29 is 40.2 Å². The van der Waals surface area contributed by atoms with E-state index in [-0.39, 0.29) is 48.3 Å². The van der Waals surface area contributed by atoms with Crippen molar-refractivity contribution in [2.24, 2.45) is 0 Å². The first-order chi connectivity index (χ1) is 17.5. The number of anilines is 1. The van der Waals surface area contributed by atoms with Crippen molar-refractivity contribution in [1.29, 1.82) is 0 Å². The summed E-state index contributed by atoms with van der Waals surface area (Å²) in [5.41, 5.74) is -0.568. The predicted octanol–water partition coefficient (Wildman–Crippen LogP) is 4.30. The van der Waals surface area contributed by atoms with Crippen LogP contribution in [0.15, 0.2) is 53.7 Å². The highest BCUT2D eigenvalue weighted by Crippen LogP contribution is 2.48. The average molecular weight is 540 g/mol. The summed E-state index contributed by atoms with van der Waals surface area (Å²) in [4.78, 5) is 7.04. The van der Waals surface area contributed by atoms with Crippen molar-refractivity contribution >= 4 is 16.0 Å². The van der Waals surface area contributed by atoms with Gasteiger partial charge in [-0.25, -0.2) is 27.5 Å². The smallest absolute Gasteiger partial charge is 0.416 e. The van der Waals surface area contributed by atoms with Gasteiger partial charge in [-0.05, 0) is 24.6 Å². The van der Waals surface area contributed by atoms with E-state index in [9.17, 15) is 26.0 Å². The SMILES string of the molecule is C[C@@]1(c2ccc(C(F)(F)F)cc2OC2COC2)CCOc2cc(S(=O)(=O)Nc3ncc(F)cn3)ccc21. The van der Waals surface area contributed by atoms with Crippen LogP contribution in [-0.4, -0.2) is 44.3 Å². The highest BCUT2D eigenvalue weighted by Gasteiger charge is 2.40. The van der Waals surface area contributed by atoms with E-state index in [1.54, 1.807) is 6.07 Å². The molecule has 13 heteroatoms. The van der Waals surface area contributed by atoms with Gasteiger partial charge < -0.3 is 14.2 Å². The number of rotatable bonds is 6. The summed E-state index contributed by atoms with van der Waals surface area (Å²) in [7, 11) is -4.14. The Morgan fingerprint density at radius 1 is 1.08 bits per heavy atom. The molecule has 0 saturated carbocycles. The summed E-state index contributed by atoms with van der Waals surface area (Å²) in [6.07, 6.45) is -2.85. The van der Waals surface area contributed by atoms with E-state index in [0.29, 0.717) is 17.5 Å². The van der Waals surface area contributed by atoms with Gasteiger partial charge in [-0.1, -0.05) is 19.1 Å². The Hall–Kier alpha value is -3.45. The first-order valence-electron chi connectivity index (χ1n) is 11.2. The molecule has 2 aliphatic heterocycles. The number of ether oxygens (including phenoxy) is 3. The minimum Gasteiger partial charge on any atom is -0.493 e. The molecular formula is C24H21F4N3O5S. The summed E-state index contributed by atoms with van der Waals surface area (Å²) in [5, 5.41) is 0. The molecule has 1 fully saturated rings. The van der Waals surface area contributed by atoms with Crippen molar-refractivity contribution in [3.63, 3.8) is 0 Å². The van der Waals surface area contributed by atoms with E-state index >= 15 is 0 Å². The molecule has 2 aromatic carbocycles. The lowest BCUT2D eigenvalue weighted by atomic mass is 9.72. The van der Waals surface area contributed by atoms with Crippen LogP contribution in [0.3, 0.4) is 0 Å². The molecule has 0 aliphatic carbocycles. The molecule has 0 amide bonds. The van der Waals surface area contributed by atoms with E-state index in [2.05, 4.69) is 14.7 Å². The zero-order valence-corrected chi connectivity index (χ0v) is 20.2. The molecule has 0 bridgehead atoms. The molecule has 1 N–H and O–H groups in total. The Balaban J connectivity index is 1.52. The molecule has 37 heavy (non-hydrogen) atoms. The Morgan fingerprint density at radius 3 is 2.43 bits per heavy atom. The van der Waals surface area contributed by atoms with Gasteiger partial charge in [-0.3, -0.25) is 0 Å². The predicted molar refractivity (Wildman–Crippen MR) is 122 cm³/mol. The summed E-state index contributed by atoms with van der Waals surface area (Å²) in [6.45, 7) is 2.59. The molecule has 1 aromatic heterocycles. The fourth-order valence-corrected chi connectivity index (χ4v) is 5.26. The average Bonchev–Trinajstić information content (AvgIpc) is 2.82. The molecule has 0 spiro atoms. The van der Waals surface area contributed by atoms with Crippen molar-refractivity contribution in [2.75, 3.05) is 24.5 Å². The van der Waals surface area contributed by atoms with E-state index < -0.39 is 33.0 Å². The quantitative estimate of drug-likeness (QED) is 0.467. The van der Waals surface area contributed by atoms with Crippen LogP contribution >= 0.6 is 0 Å². The van der Waals surface area contributed by atoms with Crippen molar-refractivity contribution in [2.45, 2.75) is 35.9 Å². The maximum Gasteiger partial charge on any atom is 0.416 e. The van der Waals surface area contributed by atoms with Gasteiger partial charge in [-0.2, -0.15) is 13.2 Å². The summed E-state index contributed by atoms with van der Waals surface area (Å²) in [5.74, 6) is -0.683. The van der Waals surface area contributed by atoms with E-state index in [1.165, 1.54) is 18.2 Å². The zero-order chi connectivity index (χ0) is 26.4. The number of alkyl halides is 3. The van der Waals surface area contributed by atoms with Crippen molar-refractivity contribution in [3.05, 3.63) is 71.3 Å². The van der Waals surface area contributed by atoms with Crippen LogP contribution in [0.4, 0.5) is 23.5 Å². The zero-order valence-electron chi connectivity index (χ0n) is 19.4. The van der Waals surface area contributed by atoms with Crippen molar-refractivity contribution in [1.82, 2.24) is 9.97 Å². The monoisotopic (exact) mass is 539 g/mol. The Labute approximate surface area is 209 Å². The lowest BCUT2D eigenvalue weighted by Crippen LogP contribution is -2.40. The molecule has 3 aromatic rings. The third-order valence-corrected chi connectivity index (χ3v) is 7.69. The minimum atomic E-state index is -4.55. The second-order valence-electron chi connectivity index (χ2n) is 8.90. The number of nitrogens with one attached hydrogen (secondary N) is 1. The molecule has 1 saturated heterocycles. The van der Waals surface area contributed by atoms with Gasteiger partial charge in [0.15, 0.2) is 5.82 Å². The van der Waals surface area contributed by atoms with Gasteiger partial charge in [-0.15, -0.1) is 0 Å². The van der Waals surface area contributed by atoms with Gasteiger partial charge in [0, 0.05) is 22.6 Å². The molecule has 0 unspecified atom stereocenters. The van der Waals surface area contributed by atoms with Crippen LogP contribution in [0, 0.1) is 5.82 Å². The first kappa shape index (κ1) is 25.2. The fraction of sp³-hybridized carbons (Fsp3) is 0.333. The Morgan fingerprint density at radius 2 is 1.78 bits per heavy atom. The molecule has 0 radical (unpaired) electrons. The molecule has 196 valence electrons. The normalized spacial score (nSPS) is 19.9. The summed E-state index contributed by atoms with van der Waals surface area (Å²) >= 11 is 0. The van der Waals surface area contributed by atoms with E-state index in [0.717, 1.165) is 24.5 Å². The van der Waals surface area contributed by atoms with Crippen LogP contribution in [0.1, 0.15) is 30.0 Å². The highest BCUT2D eigenvalue weighted by molar-refractivity contribution is 7.92. The molecule has 3 heterocycles. The van der Waals surface area contributed by atoms with Gasteiger partial charge >= 0.3 is 6.18 Å². The largest absolute Gasteiger partial charge is 0.493 e. The molecule has 5 rings (SSSR count). The number of hydrogen-bond acceptors (Lipinski definition) is 7. The highest BCUT2D eigenvalue weighted by atomic mass is 32.2. The van der Waals surface area contributed by atoms with E-state index in [4.69, 9.17) is 14.2 Å². The number of nitrogens with zero attached hydrogens (tertiary/aromatic N) is 2. The van der Waals surface area contributed by atoms with E-state index in [1.807, 2.05) is 6.92 Å². The van der Waals surface area contributed by atoms with Gasteiger partial charge in [0.25, 0.3) is 10.0 Å². The Kier molecular flexibility index (Phi) is 6.23. The summed E-state index contributed by atoms with van der Waals surface area (Å²) in [6, 6.07) is 7.61. The molecule has 8 nitrogen and oxygen atoms in total. The topological polar surface area (TPSA) is 99.6 Å². The van der Waals surface area contributed by atoms with Crippen LogP contribution in [0.25, 0.3) is 0 Å². The number of fused-ring (bicyclic) bond motifs is 1. The lowest BCUT2D eigenvalue weighted by Gasteiger charge is -2.38. The standard InChI is InChI=1S/C24H21F4N3O5S/c1-23(19-4-2-14(24(26,27)28)8-21(19)36-16-12-34-13-16)6-7-35-20-9-17(3-5-18(20)23)37(32,33)31-22-29-10-15(25)11-30-22/h2-5,8-11,16H,6-7,12-13H2,1H3,(H,29,30,31)/t23-/m1/s1. The lowest BCUT2D eigenvalue weighted by molar-refractivity contribution is -0.138. The van der Waals surface area contributed by atoms with Crippen LogP contribution in [0.2, 0.25) is 0 Å². The maximum absolute atomic E-state index is 13.5.